The minimum Gasteiger partial charge on any atom is -0.423 e. The van der Waals surface area contributed by atoms with Gasteiger partial charge in [-0.1, -0.05) is 29.7 Å². The Morgan fingerprint density at radius 2 is 1.89 bits per heavy atom. The summed E-state index contributed by atoms with van der Waals surface area (Å²) in [5, 5.41) is 1.06. The summed E-state index contributed by atoms with van der Waals surface area (Å²) in [5.74, 6) is 0.873. The molecule has 0 N–H and O–H groups in total. The fraction of sp³-hybridized carbons (Fsp3) is 0.190. The average Bonchev–Trinajstić information content (AvgIpc) is 3.24. The molecule has 0 fully saturated rings. The highest BCUT2D eigenvalue weighted by Gasteiger charge is 2.41. The molecule has 3 aromatic rings. The first kappa shape index (κ1) is 16.1. The monoisotopic (exact) mass is 356 g/mol. The minimum atomic E-state index is 0.0954. The van der Waals surface area contributed by atoms with E-state index in [0.29, 0.717) is 5.71 Å². The molecule has 5 rings (SSSR count). The normalized spacial score (nSPS) is 19.1. The Morgan fingerprint density at radius 1 is 1.07 bits per heavy atom. The summed E-state index contributed by atoms with van der Waals surface area (Å²) >= 11 is 0. The summed E-state index contributed by atoms with van der Waals surface area (Å²) in [4.78, 5) is 11.2. The lowest BCUT2D eigenvalue weighted by atomic mass is 9.61. The maximum atomic E-state index is 6.09. The van der Waals surface area contributed by atoms with Crippen LogP contribution in [0.4, 0.5) is 11.6 Å². The third-order valence-corrected chi connectivity index (χ3v) is 5.52. The minimum absolute atomic E-state index is 0.0954. The number of allylic oxidation sites excluding steroid dienone is 1. The van der Waals surface area contributed by atoms with Crippen LogP contribution in [-0.4, -0.2) is 30.0 Å². The van der Waals surface area contributed by atoms with E-state index in [1.54, 1.807) is 6.20 Å². The zero-order valence-electron chi connectivity index (χ0n) is 15.7. The topological polar surface area (TPSA) is 35.8 Å². The largest absolute Gasteiger partial charge is 0.423 e. The van der Waals surface area contributed by atoms with E-state index in [9.17, 15) is 0 Å². The first-order valence-corrected chi connectivity index (χ1v) is 9.23. The second-order valence-electron chi connectivity index (χ2n) is 7.17. The number of nitrogens with zero attached hydrogens (tertiary/aromatic N) is 4. The summed E-state index contributed by atoms with van der Waals surface area (Å²) in [5.41, 5.74) is 4.28. The number of furan rings is 1. The summed E-state index contributed by atoms with van der Waals surface area (Å²) in [6.45, 7) is 4.51. The molecule has 0 saturated carbocycles. The van der Waals surface area contributed by atoms with Crippen molar-refractivity contribution >= 4 is 35.7 Å². The van der Waals surface area contributed by atoms with Crippen LogP contribution in [0.3, 0.4) is 0 Å². The van der Waals surface area contributed by atoms with Crippen molar-refractivity contribution in [2.45, 2.75) is 20.0 Å². The predicted octanol–water partition coefficient (Wildman–Crippen LogP) is 4.35. The molecule has 27 heavy (non-hydrogen) atoms. The lowest BCUT2D eigenvalue weighted by molar-refractivity contribution is 0.472. The molecule has 0 amide bonds. The van der Waals surface area contributed by atoms with Crippen LogP contribution in [-0.2, 0) is 0 Å². The van der Waals surface area contributed by atoms with E-state index in [1.165, 1.54) is 11.2 Å². The van der Waals surface area contributed by atoms with Crippen molar-refractivity contribution in [1.29, 1.82) is 0 Å². The molecule has 2 aromatic heterocycles. The van der Waals surface area contributed by atoms with Crippen LogP contribution in [0.1, 0.15) is 19.4 Å². The van der Waals surface area contributed by atoms with Crippen molar-refractivity contribution < 1.29 is 4.42 Å². The smallest absolute Gasteiger partial charge is 0.410 e. The Bertz CT molecular complexity index is 1060. The Kier molecular flexibility index (Phi) is 3.54. The van der Waals surface area contributed by atoms with Crippen LogP contribution in [0.25, 0.3) is 17.2 Å². The van der Waals surface area contributed by atoms with Crippen molar-refractivity contribution in [1.82, 2.24) is 9.79 Å². The molecule has 2 aliphatic rings. The highest BCUT2D eigenvalue weighted by Crippen LogP contribution is 2.39. The molecule has 6 heteroatoms. The van der Waals surface area contributed by atoms with Crippen LogP contribution in [0.15, 0.2) is 71.0 Å². The zero-order valence-corrected chi connectivity index (χ0v) is 15.7. The number of aromatic nitrogens is 1. The van der Waals surface area contributed by atoms with Gasteiger partial charge in [0.2, 0.25) is 5.71 Å². The van der Waals surface area contributed by atoms with Gasteiger partial charge < -0.3 is 18.9 Å². The summed E-state index contributed by atoms with van der Waals surface area (Å²) < 4.78 is 6.09. The molecule has 1 atom stereocenters. The highest BCUT2D eigenvalue weighted by molar-refractivity contribution is 6.69. The molecule has 0 saturated heterocycles. The Hall–Kier alpha value is -3.15. The SMILES string of the molecule is CC1=Cc2c(oc3ncccc23)N(C)B1N1C=CN(c2ccccc2)[C@@H]1C. The third-order valence-electron chi connectivity index (χ3n) is 5.52. The molecule has 134 valence electrons. The van der Waals surface area contributed by atoms with Crippen molar-refractivity contribution in [2.75, 3.05) is 16.8 Å². The van der Waals surface area contributed by atoms with E-state index in [4.69, 9.17) is 4.42 Å². The second kappa shape index (κ2) is 5.94. The third kappa shape index (κ3) is 2.36. The lowest BCUT2D eigenvalue weighted by Gasteiger charge is -2.39. The summed E-state index contributed by atoms with van der Waals surface area (Å²) in [6, 6.07) is 14.5. The van der Waals surface area contributed by atoms with Crippen molar-refractivity contribution in [3.8, 4) is 0 Å². The number of anilines is 2. The molecular formula is C21H21BN4O. The van der Waals surface area contributed by atoms with Gasteiger partial charge in [0.25, 0.3) is 0 Å². The van der Waals surface area contributed by atoms with Gasteiger partial charge in [-0.2, -0.15) is 0 Å². The molecule has 2 aliphatic heterocycles. The van der Waals surface area contributed by atoms with Crippen molar-refractivity contribution in [3.63, 3.8) is 0 Å². The maximum Gasteiger partial charge on any atom is 0.410 e. The van der Waals surface area contributed by atoms with Gasteiger partial charge in [0.05, 0.1) is 6.17 Å². The molecule has 0 aliphatic carbocycles. The predicted molar refractivity (Wildman–Crippen MR) is 111 cm³/mol. The molecule has 0 spiro atoms. The molecule has 0 radical (unpaired) electrons. The van der Waals surface area contributed by atoms with Gasteiger partial charge in [-0.25, -0.2) is 4.98 Å². The van der Waals surface area contributed by atoms with Crippen LogP contribution in [0.5, 0.6) is 0 Å². The number of pyridine rings is 1. The number of hydrogen-bond acceptors (Lipinski definition) is 5. The van der Waals surface area contributed by atoms with Crippen LogP contribution < -0.4 is 9.71 Å². The highest BCUT2D eigenvalue weighted by atomic mass is 16.4. The lowest BCUT2D eigenvalue weighted by Crippen LogP contribution is -2.55. The molecule has 0 bridgehead atoms. The zero-order chi connectivity index (χ0) is 18.5. The molecule has 0 unspecified atom stereocenters. The van der Waals surface area contributed by atoms with E-state index in [2.05, 4.69) is 89.2 Å². The van der Waals surface area contributed by atoms with Gasteiger partial charge in [-0.05, 0) is 45.2 Å². The van der Waals surface area contributed by atoms with E-state index in [-0.39, 0.29) is 13.1 Å². The van der Waals surface area contributed by atoms with Gasteiger partial charge >= 0.3 is 6.98 Å². The van der Waals surface area contributed by atoms with Crippen LogP contribution in [0, 0.1) is 0 Å². The van der Waals surface area contributed by atoms with Gasteiger partial charge in [0.15, 0.2) is 5.88 Å². The second-order valence-corrected chi connectivity index (χ2v) is 7.17. The quantitative estimate of drug-likeness (QED) is 0.638. The molecule has 5 nitrogen and oxygen atoms in total. The number of fused-ring (bicyclic) bond motifs is 3. The number of hydrogen-bond donors (Lipinski definition) is 0. The molecule has 1 aromatic carbocycles. The maximum absolute atomic E-state index is 6.09. The first-order valence-electron chi connectivity index (χ1n) is 9.23. The average molecular weight is 356 g/mol. The number of benzene rings is 1. The van der Waals surface area contributed by atoms with E-state index in [0.717, 1.165) is 16.8 Å². The molecule has 4 heterocycles. The number of rotatable bonds is 2. The standard InChI is InChI=1S/C21H21BN4O/c1-15-14-19-18-10-7-11-23-20(18)27-21(19)24(3)22(15)26-13-12-25(16(26)2)17-8-5-4-6-9-17/h4-14,16H,1-3H3/t16-/m0/s1. The summed E-state index contributed by atoms with van der Waals surface area (Å²) in [7, 11) is 2.09. The van der Waals surface area contributed by atoms with Crippen molar-refractivity contribution in [3.05, 3.63) is 72.1 Å². The Morgan fingerprint density at radius 3 is 2.70 bits per heavy atom. The van der Waals surface area contributed by atoms with Gasteiger partial charge in [0, 0.05) is 35.2 Å². The van der Waals surface area contributed by atoms with Gasteiger partial charge in [0.1, 0.15) is 0 Å². The van der Waals surface area contributed by atoms with Gasteiger partial charge in [-0.3, -0.25) is 0 Å². The van der Waals surface area contributed by atoms with Gasteiger partial charge in [-0.15, -0.1) is 0 Å². The summed E-state index contributed by atoms with van der Waals surface area (Å²) in [6.07, 6.45) is 8.53. The van der Waals surface area contributed by atoms with E-state index >= 15 is 0 Å². The Labute approximate surface area is 159 Å². The first-order chi connectivity index (χ1) is 13.1. The molecular weight excluding hydrogens is 335 g/mol. The van der Waals surface area contributed by atoms with Crippen molar-refractivity contribution in [2.24, 2.45) is 0 Å². The fourth-order valence-electron chi connectivity index (χ4n) is 4.22. The fourth-order valence-corrected chi connectivity index (χ4v) is 4.22. The Balaban J connectivity index is 1.51. The van der Waals surface area contributed by atoms with Crippen LogP contribution >= 0.6 is 0 Å². The van der Waals surface area contributed by atoms with E-state index in [1.807, 2.05) is 12.1 Å². The van der Waals surface area contributed by atoms with Crippen LogP contribution in [0.2, 0.25) is 0 Å². The number of para-hydroxylation sites is 1. The van der Waals surface area contributed by atoms with E-state index < -0.39 is 0 Å².